The Morgan fingerprint density at radius 2 is 1.85 bits per heavy atom. The van der Waals surface area contributed by atoms with Gasteiger partial charge in [0.25, 0.3) is 17.4 Å². The molecule has 2 heterocycles. The van der Waals surface area contributed by atoms with Crippen molar-refractivity contribution >= 4 is 35.6 Å². The van der Waals surface area contributed by atoms with Crippen molar-refractivity contribution in [3.8, 4) is 0 Å². The van der Waals surface area contributed by atoms with Gasteiger partial charge in [-0.3, -0.25) is 28.8 Å². The monoisotopic (exact) mass is 639 g/mol. The number of nitrogens with zero attached hydrogens (tertiary/aromatic N) is 3. The minimum Gasteiger partial charge on any atom is -0.350 e. The summed E-state index contributed by atoms with van der Waals surface area (Å²) in [5.41, 5.74) is 0.361. The van der Waals surface area contributed by atoms with Gasteiger partial charge in [-0.05, 0) is 74.8 Å². The van der Waals surface area contributed by atoms with Crippen LogP contribution in [0.4, 0.5) is 5.69 Å². The third-order valence-corrected chi connectivity index (χ3v) is 8.82. The maximum absolute atomic E-state index is 12.7. The fourth-order valence-corrected chi connectivity index (χ4v) is 7.06. The molecule has 4 amide bonds. The number of aromatic nitrogens is 3. The van der Waals surface area contributed by atoms with Crippen molar-refractivity contribution in [2.24, 2.45) is 23.8 Å². The average Bonchev–Trinajstić information content (AvgIpc) is 3.46. The van der Waals surface area contributed by atoms with Crippen LogP contribution < -0.4 is 26.8 Å². The largest absolute Gasteiger partial charge is 0.350 e. The Hall–Kier alpha value is -4.29. The molecule has 2 bridgehead atoms. The highest BCUT2D eigenvalue weighted by Crippen LogP contribution is 2.60. The molecule has 0 aromatic carbocycles. The second kappa shape index (κ2) is 14.9. The van der Waals surface area contributed by atoms with Gasteiger partial charge in [0.05, 0.1) is 6.33 Å². The standard InChI is InChI=1S/C20H29N3O3.C13H20N4O3/c1-18(2)8-14-9-20(11-18,12-19(14,3)4)22-16(25)10-23-7-5-6-15(17(23)26)21-13-24;1-4-14-13(20)11(18)6-5-9(2)16-12(19)10-7-17(3)8-15-10/h5-7,13-14H,8-12H2,1-4H3,(H,21,24)(H,22,25);7-9H,4-6H2,1-3H3,(H,14,20)(H,16,19). The molecule has 4 rings (SSSR count). The fourth-order valence-electron chi connectivity index (χ4n) is 7.06. The van der Waals surface area contributed by atoms with E-state index in [4.69, 9.17) is 0 Å². The lowest BCUT2D eigenvalue weighted by molar-refractivity contribution is -0.137. The Balaban J connectivity index is 0.000000260. The van der Waals surface area contributed by atoms with Gasteiger partial charge in [-0.1, -0.05) is 27.7 Å². The number of aryl methyl sites for hydroxylation is 1. The first-order chi connectivity index (χ1) is 21.5. The number of pyridine rings is 1. The zero-order valence-electron chi connectivity index (χ0n) is 28.1. The zero-order valence-corrected chi connectivity index (χ0v) is 28.1. The number of likely N-dealkylation sites (N-methyl/N-ethyl adjacent to an activating group) is 1. The number of nitrogens with one attached hydrogen (secondary N) is 4. The molecule has 0 spiro atoms. The van der Waals surface area contributed by atoms with Crippen molar-refractivity contribution < 1.29 is 24.0 Å². The number of fused-ring (bicyclic) bond motifs is 2. The lowest BCUT2D eigenvalue weighted by Gasteiger charge is -2.43. The van der Waals surface area contributed by atoms with Crippen LogP contribution in [0, 0.1) is 16.7 Å². The normalized spacial score (nSPS) is 21.2. The Morgan fingerprint density at radius 3 is 2.48 bits per heavy atom. The number of amides is 4. The number of hydrogen-bond acceptors (Lipinski definition) is 7. The fraction of sp³-hybridized carbons (Fsp3) is 0.606. The van der Waals surface area contributed by atoms with E-state index in [1.165, 1.54) is 23.4 Å². The van der Waals surface area contributed by atoms with Gasteiger partial charge in [0.15, 0.2) is 0 Å². The topological polar surface area (TPSA) is 173 Å². The Labute approximate surface area is 270 Å². The molecule has 13 heteroatoms. The first-order valence-corrected chi connectivity index (χ1v) is 15.8. The summed E-state index contributed by atoms with van der Waals surface area (Å²) in [5.74, 6) is -0.871. The van der Waals surface area contributed by atoms with Crippen LogP contribution in [0.5, 0.6) is 0 Å². The minimum absolute atomic E-state index is 0.0412. The van der Waals surface area contributed by atoms with Crippen LogP contribution in [0.15, 0.2) is 35.6 Å². The molecule has 13 nitrogen and oxygen atoms in total. The van der Waals surface area contributed by atoms with Crippen LogP contribution in [0.1, 0.15) is 90.6 Å². The highest BCUT2D eigenvalue weighted by Gasteiger charge is 2.56. The van der Waals surface area contributed by atoms with Crippen molar-refractivity contribution in [1.29, 1.82) is 0 Å². The summed E-state index contributed by atoms with van der Waals surface area (Å²) >= 11 is 0. The van der Waals surface area contributed by atoms with Crippen LogP contribution >= 0.6 is 0 Å². The SMILES string of the molecule is CC1(C)CC2CC(NC(=O)Cn3cccc(NC=O)c3=O)(C1)CC2(C)C.CCNC(=O)C(=O)CCC(C)NC(=O)c1cn(C)cn1. The molecule has 252 valence electrons. The second-order valence-corrected chi connectivity index (χ2v) is 14.2. The molecule has 2 aromatic heterocycles. The van der Waals surface area contributed by atoms with Crippen molar-refractivity contribution in [1.82, 2.24) is 30.1 Å². The van der Waals surface area contributed by atoms with Crippen LogP contribution in [-0.2, 0) is 32.8 Å². The summed E-state index contributed by atoms with van der Waals surface area (Å²) in [6, 6.07) is 2.97. The van der Waals surface area contributed by atoms with Crippen molar-refractivity contribution in [3.63, 3.8) is 0 Å². The van der Waals surface area contributed by atoms with E-state index in [1.807, 2.05) is 0 Å². The van der Waals surface area contributed by atoms with Crippen molar-refractivity contribution in [3.05, 3.63) is 46.9 Å². The Morgan fingerprint density at radius 1 is 1.13 bits per heavy atom. The van der Waals surface area contributed by atoms with Crippen LogP contribution in [0.25, 0.3) is 0 Å². The van der Waals surface area contributed by atoms with Gasteiger partial charge in [0.1, 0.15) is 17.9 Å². The number of carbonyl (C=O) groups excluding carboxylic acids is 5. The first-order valence-electron chi connectivity index (χ1n) is 15.8. The van der Waals surface area contributed by atoms with Gasteiger partial charge < -0.3 is 30.4 Å². The van der Waals surface area contributed by atoms with E-state index in [-0.39, 0.29) is 58.4 Å². The van der Waals surface area contributed by atoms with Crippen LogP contribution in [0.3, 0.4) is 0 Å². The maximum atomic E-state index is 12.7. The molecule has 2 fully saturated rings. The first kappa shape index (κ1) is 36.2. The summed E-state index contributed by atoms with van der Waals surface area (Å²) in [6.07, 6.45) is 9.85. The van der Waals surface area contributed by atoms with E-state index in [0.29, 0.717) is 31.0 Å². The lowest BCUT2D eigenvalue weighted by Crippen LogP contribution is -2.52. The predicted octanol–water partition coefficient (Wildman–Crippen LogP) is 2.55. The van der Waals surface area contributed by atoms with Gasteiger partial charge in [0, 0.05) is 44.0 Å². The summed E-state index contributed by atoms with van der Waals surface area (Å²) in [6.45, 7) is 13.1. The molecule has 46 heavy (non-hydrogen) atoms. The third kappa shape index (κ3) is 9.60. The lowest BCUT2D eigenvalue weighted by atomic mass is 9.67. The summed E-state index contributed by atoms with van der Waals surface area (Å²) < 4.78 is 3.02. The van der Waals surface area contributed by atoms with Crippen LogP contribution in [0.2, 0.25) is 0 Å². The molecular weight excluding hydrogens is 590 g/mol. The Bertz CT molecular complexity index is 1490. The van der Waals surface area contributed by atoms with E-state index in [2.05, 4.69) is 53.9 Å². The maximum Gasteiger partial charge on any atom is 0.287 e. The van der Waals surface area contributed by atoms with Gasteiger partial charge >= 0.3 is 0 Å². The van der Waals surface area contributed by atoms with Crippen molar-refractivity contribution in [2.75, 3.05) is 11.9 Å². The van der Waals surface area contributed by atoms with Crippen molar-refractivity contribution in [2.45, 2.75) is 98.2 Å². The van der Waals surface area contributed by atoms with E-state index < -0.39 is 11.7 Å². The zero-order chi connectivity index (χ0) is 34.3. The van der Waals surface area contributed by atoms with E-state index in [0.717, 1.165) is 19.3 Å². The van der Waals surface area contributed by atoms with Gasteiger partial charge in [-0.15, -0.1) is 0 Å². The van der Waals surface area contributed by atoms with E-state index in [9.17, 15) is 28.8 Å². The molecule has 2 aromatic rings. The number of hydrogen-bond donors (Lipinski definition) is 4. The highest BCUT2D eigenvalue weighted by molar-refractivity contribution is 6.36. The molecule has 3 unspecified atom stereocenters. The number of ketones is 1. The molecule has 4 N–H and O–H groups in total. The molecule has 2 saturated carbocycles. The summed E-state index contributed by atoms with van der Waals surface area (Å²) in [4.78, 5) is 74.1. The molecular formula is C33H49N7O6. The molecule has 3 atom stereocenters. The third-order valence-electron chi connectivity index (χ3n) is 8.82. The predicted molar refractivity (Wildman–Crippen MR) is 174 cm³/mol. The van der Waals surface area contributed by atoms with E-state index >= 15 is 0 Å². The average molecular weight is 640 g/mol. The molecule has 0 saturated heterocycles. The quantitative estimate of drug-likeness (QED) is 0.204. The number of Topliss-reactive ketones (excluding diaryl/α,β-unsaturated/α-hetero) is 1. The Kier molecular flexibility index (Phi) is 11.7. The van der Waals surface area contributed by atoms with Gasteiger partial charge in [0.2, 0.25) is 18.1 Å². The summed E-state index contributed by atoms with van der Waals surface area (Å²) in [7, 11) is 1.78. The second-order valence-electron chi connectivity index (χ2n) is 14.2. The van der Waals surface area contributed by atoms with Gasteiger partial charge in [-0.2, -0.15) is 0 Å². The smallest absolute Gasteiger partial charge is 0.287 e. The molecule has 2 aliphatic rings. The number of anilines is 1. The molecule has 0 aliphatic heterocycles. The number of carbonyl (C=O) groups is 5. The minimum atomic E-state index is -0.573. The van der Waals surface area contributed by atoms with Gasteiger partial charge in [-0.25, -0.2) is 4.98 Å². The summed E-state index contributed by atoms with van der Waals surface area (Å²) in [5, 5.41) is 10.8. The number of rotatable bonds is 12. The number of imidazole rings is 1. The highest BCUT2D eigenvalue weighted by atomic mass is 16.2. The van der Waals surface area contributed by atoms with Crippen LogP contribution in [-0.4, -0.2) is 62.2 Å². The molecule has 0 radical (unpaired) electrons. The molecule has 2 aliphatic carbocycles. The van der Waals surface area contributed by atoms with E-state index in [1.54, 1.807) is 43.9 Å².